The third kappa shape index (κ3) is 2.16. The van der Waals surface area contributed by atoms with Gasteiger partial charge in [0, 0.05) is 11.5 Å². The number of aromatic amines is 1. The van der Waals surface area contributed by atoms with Crippen molar-refractivity contribution in [1.82, 2.24) is 10.3 Å². The Morgan fingerprint density at radius 2 is 2.00 bits per heavy atom. The molecular weight excluding hydrogens is 254 g/mol. The van der Waals surface area contributed by atoms with E-state index in [9.17, 15) is 13.6 Å². The van der Waals surface area contributed by atoms with Gasteiger partial charge in [0.05, 0.1) is 5.52 Å². The molecule has 2 aromatic rings. The summed E-state index contributed by atoms with van der Waals surface area (Å²) in [5.74, 6) is -4.17. The molecule has 0 bridgehead atoms. The number of piperidine rings is 1. The number of nitrogens with one attached hydrogen (secondary N) is 2. The van der Waals surface area contributed by atoms with Gasteiger partial charge in [0.25, 0.3) is 5.92 Å². The molecule has 102 valence electrons. The van der Waals surface area contributed by atoms with Gasteiger partial charge in [-0.1, -0.05) is 0 Å². The van der Waals surface area contributed by atoms with E-state index in [4.69, 9.17) is 4.42 Å². The van der Waals surface area contributed by atoms with Crippen molar-refractivity contribution in [3.05, 3.63) is 34.3 Å². The molecule has 0 saturated carbocycles. The van der Waals surface area contributed by atoms with Crippen LogP contribution in [-0.2, 0) is 5.92 Å². The SMILES string of the molecule is O=c1[nH]c2cc(C(F)(F)C3CCNCC3)ccc2o1. The van der Waals surface area contributed by atoms with Crippen LogP contribution < -0.4 is 11.1 Å². The van der Waals surface area contributed by atoms with Crippen molar-refractivity contribution in [2.24, 2.45) is 5.92 Å². The van der Waals surface area contributed by atoms with Gasteiger partial charge in [0.15, 0.2) is 5.58 Å². The number of hydrogen-bond donors (Lipinski definition) is 2. The smallest absolute Gasteiger partial charge is 0.408 e. The van der Waals surface area contributed by atoms with Crippen LogP contribution in [-0.4, -0.2) is 18.1 Å². The summed E-state index contributed by atoms with van der Waals surface area (Å²) in [7, 11) is 0. The summed E-state index contributed by atoms with van der Waals surface area (Å²) in [4.78, 5) is 13.4. The molecule has 1 aliphatic rings. The fraction of sp³-hybridized carbons (Fsp3) is 0.462. The van der Waals surface area contributed by atoms with Crippen LogP contribution in [0.25, 0.3) is 11.1 Å². The number of fused-ring (bicyclic) bond motifs is 1. The minimum absolute atomic E-state index is 0.0658. The van der Waals surface area contributed by atoms with E-state index in [1.165, 1.54) is 18.2 Å². The van der Waals surface area contributed by atoms with E-state index >= 15 is 0 Å². The lowest BCUT2D eigenvalue weighted by Gasteiger charge is -2.30. The topological polar surface area (TPSA) is 58.0 Å². The highest BCUT2D eigenvalue weighted by Crippen LogP contribution is 2.41. The molecule has 1 aromatic carbocycles. The van der Waals surface area contributed by atoms with Crippen LogP contribution in [0.2, 0.25) is 0 Å². The first-order chi connectivity index (χ1) is 9.07. The molecule has 0 amide bonds. The Kier molecular flexibility index (Phi) is 2.89. The van der Waals surface area contributed by atoms with E-state index in [1.54, 1.807) is 0 Å². The highest BCUT2D eigenvalue weighted by Gasteiger charge is 2.41. The number of hydrogen-bond acceptors (Lipinski definition) is 3. The van der Waals surface area contributed by atoms with Crippen LogP contribution in [0.3, 0.4) is 0 Å². The maximum Gasteiger partial charge on any atom is 0.417 e. The molecule has 3 rings (SSSR count). The highest BCUT2D eigenvalue weighted by atomic mass is 19.3. The molecule has 1 aromatic heterocycles. The van der Waals surface area contributed by atoms with Gasteiger partial charge in [0.2, 0.25) is 0 Å². The molecule has 0 unspecified atom stereocenters. The van der Waals surface area contributed by atoms with Crippen molar-refractivity contribution in [2.75, 3.05) is 13.1 Å². The lowest BCUT2D eigenvalue weighted by molar-refractivity contribution is -0.0752. The normalized spacial score (nSPS) is 18.0. The first-order valence-electron chi connectivity index (χ1n) is 6.29. The fourth-order valence-corrected chi connectivity index (χ4v) is 2.58. The number of halogens is 2. The Labute approximate surface area is 107 Å². The summed E-state index contributed by atoms with van der Waals surface area (Å²) in [6, 6.07) is 4.06. The lowest BCUT2D eigenvalue weighted by atomic mass is 9.87. The number of H-pyrrole nitrogens is 1. The van der Waals surface area contributed by atoms with E-state index in [2.05, 4.69) is 10.3 Å². The first kappa shape index (κ1) is 12.3. The fourth-order valence-electron chi connectivity index (χ4n) is 2.58. The molecule has 19 heavy (non-hydrogen) atoms. The summed E-state index contributed by atoms with van der Waals surface area (Å²) in [5, 5.41) is 3.08. The van der Waals surface area contributed by atoms with Crippen LogP contribution in [0.1, 0.15) is 18.4 Å². The van der Waals surface area contributed by atoms with E-state index in [1.807, 2.05) is 0 Å². The Morgan fingerprint density at radius 1 is 1.26 bits per heavy atom. The number of aromatic nitrogens is 1. The predicted octanol–water partition coefficient (Wildman–Crippen LogP) is 2.21. The van der Waals surface area contributed by atoms with E-state index < -0.39 is 17.6 Å². The van der Waals surface area contributed by atoms with Gasteiger partial charge in [-0.2, -0.15) is 0 Å². The lowest BCUT2D eigenvalue weighted by Crippen LogP contribution is -2.36. The summed E-state index contributed by atoms with van der Waals surface area (Å²) < 4.78 is 33.7. The van der Waals surface area contributed by atoms with Crippen LogP contribution in [0.5, 0.6) is 0 Å². The molecule has 6 heteroatoms. The highest BCUT2D eigenvalue weighted by molar-refractivity contribution is 5.73. The van der Waals surface area contributed by atoms with Gasteiger partial charge in [-0.25, -0.2) is 13.6 Å². The van der Waals surface area contributed by atoms with Crippen molar-refractivity contribution in [2.45, 2.75) is 18.8 Å². The Balaban J connectivity index is 1.99. The van der Waals surface area contributed by atoms with Gasteiger partial charge < -0.3 is 9.73 Å². The molecule has 0 atom stereocenters. The molecule has 0 spiro atoms. The number of alkyl halides is 2. The second-order valence-electron chi connectivity index (χ2n) is 4.87. The minimum atomic E-state index is -2.88. The molecule has 2 heterocycles. The summed E-state index contributed by atoms with van der Waals surface area (Å²) in [6.45, 7) is 1.23. The Hall–Kier alpha value is -1.69. The van der Waals surface area contributed by atoms with Gasteiger partial charge >= 0.3 is 5.76 Å². The van der Waals surface area contributed by atoms with Gasteiger partial charge in [-0.05, 0) is 44.1 Å². The van der Waals surface area contributed by atoms with E-state index in [0.717, 1.165) is 0 Å². The average molecular weight is 268 g/mol. The van der Waals surface area contributed by atoms with Crippen molar-refractivity contribution in [3.8, 4) is 0 Å². The summed E-state index contributed by atoms with van der Waals surface area (Å²) in [5.41, 5.74) is 0.551. The minimum Gasteiger partial charge on any atom is -0.408 e. The number of rotatable bonds is 2. The Bertz CT molecular complexity index is 641. The van der Waals surface area contributed by atoms with Crippen LogP contribution in [0, 0.1) is 5.92 Å². The first-order valence-corrected chi connectivity index (χ1v) is 6.29. The van der Waals surface area contributed by atoms with E-state index in [0.29, 0.717) is 37.0 Å². The molecule has 4 nitrogen and oxygen atoms in total. The zero-order chi connectivity index (χ0) is 13.5. The van der Waals surface area contributed by atoms with Crippen molar-refractivity contribution in [1.29, 1.82) is 0 Å². The monoisotopic (exact) mass is 268 g/mol. The summed E-state index contributed by atoms with van der Waals surface area (Å²) >= 11 is 0. The standard InChI is InChI=1S/C13H14F2N2O2/c14-13(15,8-3-5-16-6-4-8)9-1-2-11-10(7-9)17-12(18)19-11/h1-2,7-8,16H,3-6H2,(H,17,18). The average Bonchev–Trinajstić information content (AvgIpc) is 2.78. The van der Waals surface area contributed by atoms with Crippen molar-refractivity contribution in [3.63, 3.8) is 0 Å². The molecule has 1 aliphatic heterocycles. The molecule has 0 radical (unpaired) electrons. The molecule has 0 aliphatic carbocycles. The second kappa shape index (κ2) is 4.45. The number of benzene rings is 1. The van der Waals surface area contributed by atoms with Crippen LogP contribution in [0.15, 0.2) is 27.4 Å². The van der Waals surface area contributed by atoms with E-state index in [-0.39, 0.29) is 5.56 Å². The molecule has 1 fully saturated rings. The third-order valence-electron chi connectivity index (χ3n) is 3.66. The maximum atomic E-state index is 14.4. The maximum absolute atomic E-state index is 14.4. The largest absolute Gasteiger partial charge is 0.417 e. The van der Waals surface area contributed by atoms with Gasteiger partial charge in [0.1, 0.15) is 0 Å². The van der Waals surface area contributed by atoms with Crippen LogP contribution in [0.4, 0.5) is 8.78 Å². The Morgan fingerprint density at radius 3 is 2.74 bits per heavy atom. The summed E-state index contributed by atoms with van der Waals surface area (Å²) in [6.07, 6.45) is 0.903. The molecule has 1 saturated heterocycles. The predicted molar refractivity (Wildman–Crippen MR) is 66.3 cm³/mol. The van der Waals surface area contributed by atoms with Crippen LogP contribution >= 0.6 is 0 Å². The zero-order valence-electron chi connectivity index (χ0n) is 10.2. The number of oxazole rings is 1. The van der Waals surface area contributed by atoms with Gasteiger partial charge in [-0.3, -0.25) is 4.98 Å². The van der Waals surface area contributed by atoms with Gasteiger partial charge in [-0.15, -0.1) is 0 Å². The molecule has 2 N–H and O–H groups in total. The molecular formula is C13H14F2N2O2. The third-order valence-corrected chi connectivity index (χ3v) is 3.66. The van der Waals surface area contributed by atoms with Crippen molar-refractivity contribution < 1.29 is 13.2 Å². The zero-order valence-corrected chi connectivity index (χ0v) is 10.2. The van der Waals surface area contributed by atoms with Crippen molar-refractivity contribution >= 4 is 11.1 Å². The quantitative estimate of drug-likeness (QED) is 0.878. The second-order valence-corrected chi connectivity index (χ2v) is 4.87.